The van der Waals surface area contributed by atoms with E-state index in [1.807, 2.05) is 65.6 Å². The number of benzene rings is 3. The van der Waals surface area contributed by atoms with E-state index in [2.05, 4.69) is 0 Å². The number of para-hydroxylation sites is 2. The van der Waals surface area contributed by atoms with Crippen LogP contribution in [0.4, 0.5) is 22.7 Å². The number of nitro groups is 1. The largest absolute Gasteiger partial charge is 0.497 e. The maximum atomic E-state index is 11.5. The molecule has 3 aromatic carbocycles. The van der Waals surface area contributed by atoms with Crippen LogP contribution >= 0.6 is 0 Å². The van der Waals surface area contributed by atoms with Gasteiger partial charge in [0.15, 0.2) is 0 Å². The molecule has 120 valence electrons. The van der Waals surface area contributed by atoms with Gasteiger partial charge in [-0.2, -0.15) is 0 Å². The molecular weight excluding hydrogens is 304 g/mol. The highest BCUT2D eigenvalue weighted by molar-refractivity contribution is 5.82. The standard InChI is InChI=1S/C19H16N2O3/c1-24-17-12-13-18(21(22)23)19(14-17)20(15-8-4-2-5-9-15)16-10-6-3-7-11-16/h2-14H,1H3. The molecule has 0 saturated heterocycles. The minimum absolute atomic E-state index is 0.0171. The van der Waals surface area contributed by atoms with Crippen LogP contribution in [-0.4, -0.2) is 12.0 Å². The fraction of sp³-hybridized carbons (Fsp3) is 0.0526. The van der Waals surface area contributed by atoms with Crippen LogP contribution in [0.1, 0.15) is 0 Å². The van der Waals surface area contributed by atoms with Gasteiger partial charge in [-0.1, -0.05) is 36.4 Å². The molecule has 0 atom stereocenters. The molecule has 0 fully saturated rings. The van der Waals surface area contributed by atoms with Gasteiger partial charge in [0, 0.05) is 23.5 Å². The monoisotopic (exact) mass is 320 g/mol. The average molecular weight is 320 g/mol. The summed E-state index contributed by atoms with van der Waals surface area (Å²) in [6, 6.07) is 23.8. The molecule has 0 saturated carbocycles. The summed E-state index contributed by atoms with van der Waals surface area (Å²) in [6.07, 6.45) is 0. The second kappa shape index (κ2) is 6.83. The molecular formula is C19H16N2O3. The summed E-state index contributed by atoms with van der Waals surface area (Å²) in [5, 5.41) is 11.5. The molecule has 0 amide bonds. The summed E-state index contributed by atoms with van der Waals surface area (Å²) in [6.45, 7) is 0. The van der Waals surface area contributed by atoms with Gasteiger partial charge in [0.2, 0.25) is 0 Å². The number of nitrogens with zero attached hydrogens (tertiary/aromatic N) is 2. The molecule has 0 heterocycles. The molecule has 0 aromatic heterocycles. The molecule has 0 unspecified atom stereocenters. The van der Waals surface area contributed by atoms with Crippen molar-refractivity contribution in [1.82, 2.24) is 0 Å². The number of methoxy groups -OCH3 is 1. The van der Waals surface area contributed by atoms with Crippen LogP contribution in [0.2, 0.25) is 0 Å². The van der Waals surface area contributed by atoms with E-state index >= 15 is 0 Å². The number of hydrogen-bond donors (Lipinski definition) is 0. The highest BCUT2D eigenvalue weighted by Gasteiger charge is 2.23. The Labute approximate surface area is 139 Å². The van der Waals surface area contributed by atoms with Gasteiger partial charge in [-0.15, -0.1) is 0 Å². The predicted octanol–water partition coefficient (Wildman–Crippen LogP) is 5.07. The Morgan fingerprint density at radius 2 is 1.42 bits per heavy atom. The van der Waals surface area contributed by atoms with E-state index in [-0.39, 0.29) is 10.6 Å². The highest BCUT2D eigenvalue weighted by Crippen LogP contribution is 2.41. The van der Waals surface area contributed by atoms with Crippen molar-refractivity contribution in [3.63, 3.8) is 0 Å². The van der Waals surface area contributed by atoms with E-state index in [1.165, 1.54) is 6.07 Å². The molecule has 3 rings (SSSR count). The van der Waals surface area contributed by atoms with Crippen LogP contribution in [0, 0.1) is 10.1 Å². The van der Waals surface area contributed by atoms with Gasteiger partial charge in [0.05, 0.1) is 12.0 Å². The first-order valence-corrected chi connectivity index (χ1v) is 7.43. The lowest BCUT2D eigenvalue weighted by Gasteiger charge is -2.25. The molecule has 0 bridgehead atoms. The number of anilines is 3. The van der Waals surface area contributed by atoms with Crippen LogP contribution in [0.25, 0.3) is 0 Å². The number of hydrogen-bond acceptors (Lipinski definition) is 4. The Bertz CT molecular complexity index is 796. The van der Waals surface area contributed by atoms with Crippen LogP contribution < -0.4 is 9.64 Å². The first kappa shape index (κ1) is 15.6. The zero-order chi connectivity index (χ0) is 16.9. The zero-order valence-corrected chi connectivity index (χ0v) is 13.1. The Morgan fingerprint density at radius 1 is 0.875 bits per heavy atom. The Kier molecular flexibility index (Phi) is 4.43. The molecule has 0 aliphatic carbocycles. The van der Waals surface area contributed by atoms with Gasteiger partial charge in [0.25, 0.3) is 5.69 Å². The molecule has 0 spiro atoms. The van der Waals surface area contributed by atoms with E-state index in [9.17, 15) is 10.1 Å². The second-order valence-electron chi connectivity index (χ2n) is 5.12. The Balaban J connectivity index is 2.25. The van der Waals surface area contributed by atoms with Gasteiger partial charge in [0.1, 0.15) is 11.4 Å². The third-order valence-electron chi connectivity index (χ3n) is 3.65. The number of ether oxygens (including phenoxy) is 1. The molecule has 5 heteroatoms. The van der Waals surface area contributed by atoms with Gasteiger partial charge in [-0.05, 0) is 30.3 Å². The van der Waals surface area contributed by atoms with Gasteiger partial charge >= 0.3 is 0 Å². The normalized spacial score (nSPS) is 10.2. The quantitative estimate of drug-likeness (QED) is 0.486. The molecule has 0 radical (unpaired) electrons. The van der Waals surface area contributed by atoms with E-state index in [4.69, 9.17) is 4.74 Å². The molecule has 0 N–H and O–H groups in total. The van der Waals surface area contributed by atoms with E-state index < -0.39 is 0 Å². The van der Waals surface area contributed by atoms with E-state index in [0.29, 0.717) is 11.4 Å². The van der Waals surface area contributed by atoms with E-state index in [1.54, 1.807) is 19.2 Å². The fourth-order valence-electron chi connectivity index (χ4n) is 2.55. The van der Waals surface area contributed by atoms with Crippen molar-refractivity contribution in [3.05, 3.63) is 89.0 Å². The summed E-state index contributed by atoms with van der Waals surface area (Å²) in [7, 11) is 1.54. The van der Waals surface area contributed by atoms with E-state index in [0.717, 1.165) is 11.4 Å². The molecule has 5 nitrogen and oxygen atoms in total. The Hall–Kier alpha value is -3.34. The lowest BCUT2D eigenvalue weighted by atomic mass is 10.1. The zero-order valence-electron chi connectivity index (χ0n) is 13.1. The summed E-state index contributed by atoms with van der Waals surface area (Å²) in [5.74, 6) is 0.562. The lowest BCUT2D eigenvalue weighted by molar-refractivity contribution is -0.384. The van der Waals surface area contributed by atoms with Crippen LogP contribution in [0.5, 0.6) is 5.75 Å². The summed E-state index contributed by atoms with van der Waals surface area (Å²) < 4.78 is 5.26. The van der Waals surface area contributed by atoms with Gasteiger partial charge < -0.3 is 9.64 Å². The lowest BCUT2D eigenvalue weighted by Crippen LogP contribution is -2.12. The van der Waals surface area contributed by atoms with Crippen LogP contribution in [0.15, 0.2) is 78.9 Å². The smallest absolute Gasteiger partial charge is 0.293 e. The van der Waals surface area contributed by atoms with Crippen molar-refractivity contribution in [2.24, 2.45) is 0 Å². The van der Waals surface area contributed by atoms with Crippen LogP contribution in [0.3, 0.4) is 0 Å². The minimum Gasteiger partial charge on any atom is -0.497 e. The third-order valence-corrected chi connectivity index (χ3v) is 3.65. The second-order valence-corrected chi connectivity index (χ2v) is 5.12. The molecule has 0 aliphatic heterocycles. The fourth-order valence-corrected chi connectivity index (χ4v) is 2.55. The predicted molar refractivity (Wildman–Crippen MR) is 94.3 cm³/mol. The van der Waals surface area contributed by atoms with Crippen molar-refractivity contribution in [2.75, 3.05) is 12.0 Å². The summed E-state index contributed by atoms with van der Waals surface area (Å²) in [5.41, 5.74) is 2.14. The van der Waals surface area contributed by atoms with Crippen molar-refractivity contribution in [2.45, 2.75) is 0 Å². The van der Waals surface area contributed by atoms with Crippen LogP contribution in [-0.2, 0) is 0 Å². The molecule has 0 aliphatic rings. The van der Waals surface area contributed by atoms with Crippen molar-refractivity contribution < 1.29 is 9.66 Å². The maximum absolute atomic E-state index is 11.5. The maximum Gasteiger partial charge on any atom is 0.293 e. The number of rotatable bonds is 5. The summed E-state index contributed by atoms with van der Waals surface area (Å²) >= 11 is 0. The first-order valence-electron chi connectivity index (χ1n) is 7.43. The van der Waals surface area contributed by atoms with Crippen molar-refractivity contribution in [1.29, 1.82) is 0 Å². The third kappa shape index (κ3) is 3.05. The van der Waals surface area contributed by atoms with Gasteiger partial charge in [-0.25, -0.2) is 0 Å². The molecule has 24 heavy (non-hydrogen) atoms. The van der Waals surface area contributed by atoms with Crippen molar-refractivity contribution in [3.8, 4) is 5.75 Å². The van der Waals surface area contributed by atoms with Crippen molar-refractivity contribution >= 4 is 22.7 Å². The average Bonchev–Trinajstić information content (AvgIpc) is 2.63. The topological polar surface area (TPSA) is 55.6 Å². The molecule has 3 aromatic rings. The highest BCUT2D eigenvalue weighted by atomic mass is 16.6. The summed E-state index contributed by atoms with van der Waals surface area (Å²) in [4.78, 5) is 13.0. The SMILES string of the molecule is COc1ccc([N+](=O)[O-])c(N(c2ccccc2)c2ccccc2)c1. The Morgan fingerprint density at radius 3 is 1.88 bits per heavy atom. The number of nitro benzene ring substituents is 1. The minimum atomic E-state index is -0.381. The van der Waals surface area contributed by atoms with Gasteiger partial charge in [-0.3, -0.25) is 10.1 Å². The first-order chi connectivity index (χ1) is 11.7.